The first kappa shape index (κ1) is 12.4. The summed E-state index contributed by atoms with van der Waals surface area (Å²) in [5.74, 6) is 0.00819. The molecule has 3 heterocycles. The smallest absolute Gasteiger partial charge is 0.309 e. The maximum absolute atomic E-state index is 10.8. The number of carboxylic acids is 1. The molecule has 2 aromatic heterocycles. The summed E-state index contributed by atoms with van der Waals surface area (Å²) in [5, 5.41) is 13.4. The van der Waals surface area contributed by atoms with Gasteiger partial charge in [0.25, 0.3) is 0 Å². The summed E-state index contributed by atoms with van der Waals surface area (Å²) in [6.45, 7) is 2.04. The highest BCUT2D eigenvalue weighted by molar-refractivity contribution is 9.10. The van der Waals surface area contributed by atoms with E-state index in [1.807, 2.05) is 12.1 Å². The molecule has 100 valence electrons. The Balaban J connectivity index is 2.02. The van der Waals surface area contributed by atoms with Gasteiger partial charge in [0.2, 0.25) is 0 Å². The highest BCUT2D eigenvalue weighted by atomic mass is 79.9. The van der Waals surface area contributed by atoms with E-state index in [0.717, 1.165) is 18.9 Å². The number of carboxylic acid groups (broad SMARTS) is 1. The lowest BCUT2D eigenvalue weighted by atomic mass is 10.3. The quantitative estimate of drug-likeness (QED) is 0.930. The Morgan fingerprint density at radius 3 is 2.79 bits per heavy atom. The number of aromatic nitrogens is 3. The van der Waals surface area contributed by atoms with Gasteiger partial charge >= 0.3 is 5.97 Å². The largest absolute Gasteiger partial charge is 0.481 e. The normalized spacial score (nSPS) is 15.3. The fourth-order valence-corrected chi connectivity index (χ4v) is 2.80. The van der Waals surface area contributed by atoms with Gasteiger partial charge in [-0.3, -0.25) is 4.79 Å². The molecule has 0 aromatic carbocycles. The van der Waals surface area contributed by atoms with Crippen LogP contribution in [0.25, 0.3) is 5.65 Å². The molecule has 1 fully saturated rings. The van der Waals surface area contributed by atoms with Gasteiger partial charge in [-0.1, -0.05) is 0 Å². The van der Waals surface area contributed by atoms with Crippen LogP contribution in [0.2, 0.25) is 0 Å². The number of halogens is 1. The van der Waals surface area contributed by atoms with Crippen LogP contribution in [0.15, 0.2) is 16.7 Å². The van der Waals surface area contributed by atoms with Gasteiger partial charge in [-0.2, -0.15) is 0 Å². The molecule has 0 aliphatic carbocycles. The minimum Gasteiger partial charge on any atom is -0.481 e. The van der Waals surface area contributed by atoms with E-state index in [9.17, 15) is 4.79 Å². The van der Waals surface area contributed by atoms with Crippen LogP contribution in [0.3, 0.4) is 0 Å². The summed E-state index contributed by atoms with van der Waals surface area (Å²) in [6.07, 6.45) is 2.27. The van der Waals surface area contributed by atoms with E-state index in [1.54, 1.807) is 4.52 Å². The summed E-state index contributed by atoms with van der Waals surface area (Å²) in [4.78, 5) is 17.3. The molecule has 0 saturated carbocycles. The average molecular weight is 325 g/mol. The molecule has 1 saturated heterocycles. The summed E-state index contributed by atoms with van der Waals surface area (Å²) in [7, 11) is 0. The Hall–Kier alpha value is -1.63. The van der Waals surface area contributed by atoms with Crippen molar-refractivity contribution in [1.29, 1.82) is 0 Å². The number of hydrogen-bond donors (Lipinski definition) is 1. The molecule has 7 heteroatoms. The molecule has 19 heavy (non-hydrogen) atoms. The molecular formula is C12H13BrN4O2. The van der Waals surface area contributed by atoms with Gasteiger partial charge in [0, 0.05) is 13.1 Å². The monoisotopic (exact) mass is 324 g/mol. The third-order valence-corrected chi connectivity index (χ3v) is 4.02. The van der Waals surface area contributed by atoms with Gasteiger partial charge in [-0.05, 0) is 40.9 Å². The number of hydrogen-bond acceptors (Lipinski definition) is 4. The van der Waals surface area contributed by atoms with E-state index in [2.05, 4.69) is 30.9 Å². The van der Waals surface area contributed by atoms with E-state index in [0.29, 0.717) is 15.9 Å². The first-order chi connectivity index (χ1) is 9.15. The standard InChI is InChI=1S/C12H13BrN4O2/c13-12-8(7-11(18)19)14-9-3-4-10(15-17(9)12)16-5-1-2-6-16/h3-4H,1-2,5-7H2,(H,18,19). The minimum atomic E-state index is -0.899. The van der Waals surface area contributed by atoms with Crippen LogP contribution in [-0.2, 0) is 11.2 Å². The Labute approximate surface area is 118 Å². The highest BCUT2D eigenvalue weighted by Gasteiger charge is 2.17. The van der Waals surface area contributed by atoms with Crippen molar-refractivity contribution in [3.05, 3.63) is 22.4 Å². The molecule has 0 unspecified atom stereocenters. The molecule has 1 aliphatic heterocycles. The maximum Gasteiger partial charge on any atom is 0.309 e. The van der Waals surface area contributed by atoms with Crippen LogP contribution < -0.4 is 4.90 Å². The van der Waals surface area contributed by atoms with Crippen molar-refractivity contribution in [1.82, 2.24) is 14.6 Å². The van der Waals surface area contributed by atoms with Crippen molar-refractivity contribution in [3.8, 4) is 0 Å². The lowest BCUT2D eigenvalue weighted by Gasteiger charge is -2.15. The Morgan fingerprint density at radius 1 is 1.37 bits per heavy atom. The van der Waals surface area contributed by atoms with Gasteiger partial charge < -0.3 is 10.0 Å². The number of nitrogens with zero attached hydrogens (tertiary/aromatic N) is 4. The Kier molecular flexibility index (Phi) is 3.14. The zero-order chi connectivity index (χ0) is 13.4. The SMILES string of the molecule is O=C(O)Cc1nc2ccc(N3CCCC3)nn2c1Br. The average Bonchev–Trinajstić information content (AvgIpc) is 2.99. The van der Waals surface area contributed by atoms with Gasteiger partial charge in [0.15, 0.2) is 5.65 Å². The molecule has 0 bridgehead atoms. The third-order valence-electron chi connectivity index (χ3n) is 3.22. The highest BCUT2D eigenvalue weighted by Crippen LogP contribution is 2.22. The fraction of sp³-hybridized carbons (Fsp3) is 0.417. The zero-order valence-electron chi connectivity index (χ0n) is 10.2. The predicted molar refractivity (Wildman–Crippen MR) is 73.5 cm³/mol. The Bertz CT molecular complexity index is 634. The second-order valence-corrected chi connectivity index (χ2v) is 5.33. The lowest BCUT2D eigenvalue weighted by Crippen LogP contribution is -2.19. The third kappa shape index (κ3) is 2.30. The molecule has 3 rings (SSSR count). The second-order valence-electron chi connectivity index (χ2n) is 4.58. The topological polar surface area (TPSA) is 70.7 Å². The number of rotatable bonds is 3. The summed E-state index contributed by atoms with van der Waals surface area (Å²) in [5.41, 5.74) is 1.16. The number of fused-ring (bicyclic) bond motifs is 1. The van der Waals surface area contributed by atoms with E-state index in [-0.39, 0.29) is 6.42 Å². The number of imidazole rings is 1. The summed E-state index contributed by atoms with van der Waals surface area (Å²) < 4.78 is 2.28. The molecular weight excluding hydrogens is 312 g/mol. The maximum atomic E-state index is 10.8. The lowest BCUT2D eigenvalue weighted by molar-refractivity contribution is -0.136. The van der Waals surface area contributed by atoms with Gasteiger partial charge in [0.05, 0.1) is 12.1 Å². The number of carbonyl (C=O) groups is 1. The Morgan fingerprint density at radius 2 is 2.11 bits per heavy atom. The van der Waals surface area contributed by atoms with Crippen LogP contribution in [-0.4, -0.2) is 38.8 Å². The fourth-order valence-electron chi connectivity index (χ4n) is 2.31. The van der Waals surface area contributed by atoms with Gasteiger partial charge in [-0.25, -0.2) is 9.50 Å². The van der Waals surface area contributed by atoms with Crippen molar-refractivity contribution in [2.45, 2.75) is 19.3 Å². The van der Waals surface area contributed by atoms with Crippen LogP contribution >= 0.6 is 15.9 Å². The van der Waals surface area contributed by atoms with Gasteiger partial charge in [0.1, 0.15) is 10.4 Å². The molecule has 0 spiro atoms. The molecule has 2 aromatic rings. The van der Waals surface area contributed by atoms with E-state index in [1.165, 1.54) is 12.8 Å². The van der Waals surface area contributed by atoms with Crippen molar-refractivity contribution in [2.24, 2.45) is 0 Å². The molecule has 0 amide bonds. The van der Waals surface area contributed by atoms with Crippen molar-refractivity contribution in [3.63, 3.8) is 0 Å². The van der Waals surface area contributed by atoms with Crippen molar-refractivity contribution in [2.75, 3.05) is 18.0 Å². The summed E-state index contributed by atoms with van der Waals surface area (Å²) >= 11 is 3.38. The zero-order valence-corrected chi connectivity index (χ0v) is 11.8. The number of aliphatic carboxylic acids is 1. The van der Waals surface area contributed by atoms with E-state index in [4.69, 9.17) is 5.11 Å². The predicted octanol–water partition coefficient (Wildman–Crippen LogP) is 1.72. The van der Waals surface area contributed by atoms with Crippen LogP contribution in [0.4, 0.5) is 5.82 Å². The molecule has 0 radical (unpaired) electrons. The van der Waals surface area contributed by atoms with Crippen LogP contribution in [0, 0.1) is 0 Å². The van der Waals surface area contributed by atoms with E-state index < -0.39 is 5.97 Å². The van der Waals surface area contributed by atoms with Gasteiger partial charge in [-0.15, -0.1) is 5.10 Å². The number of anilines is 1. The first-order valence-corrected chi connectivity index (χ1v) is 6.95. The van der Waals surface area contributed by atoms with Crippen LogP contribution in [0.1, 0.15) is 18.5 Å². The first-order valence-electron chi connectivity index (χ1n) is 6.16. The molecule has 0 atom stereocenters. The molecule has 6 nitrogen and oxygen atoms in total. The van der Waals surface area contributed by atoms with E-state index >= 15 is 0 Å². The minimum absolute atomic E-state index is 0.108. The second kappa shape index (κ2) is 4.80. The molecule has 1 N–H and O–H groups in total. The molecule has 1 aliphatic rings. The van der Waals surface area contributed by atoms with Crippen molar-refractivity contribution >= 4 is 33.4 Å². The van der Waals surface area contributed by atoms with Crippen molar-refractivity contribution < 1.29 is 9.90 Å². The van der Waals surface area contributed by atoms with Crippen LogP contribution in [0.5, 0.6) is 0 Å². The summed E-state index contributed by atoms with van der Waals surface area (Å²) in [6, 6.07) is 3.81.